The molecule has 20 heavy (non-hydrogen) atoms. The third-order valence-electron chi connectivity index (χ3n) is 3.98. The fourth-order valence-corrected chi connectivity index (χ4v) is 3.72. The van der Waals surface area contributed by atoms with Crippen molar-refractivity contribution in [1.82, 2.24) is 4.98 Å². The van der Waals surface area contributed by atoms with Crippen molar-refractivity contribution in [3.8, 4) is 0 Å². The highest BCUT2D eigenvalue weighted by Crippen LogP contribution is 2.39. The number of unbranched alkanes of at least 4 members (excludes halogenated alkanes) is 5. The van der Waals surface area contributed by atoms with Crippen LogP contribution in [0.1, 0.15) is 83.6 Å². The molecule has 1 nitrogen and oxygen atoms in total. The molecule has 0 saturated carbocycles. The van der Waals surface area contributed by atoms with Crippen LogP contribution >= 0.6 is 22.9 Å². The molecule has 1 aromatic heterocycles. The van der Waals surface area contributed by atoms with Gasteiger partial charge in [0.05, 0.1) is 0 Å². The highest BCUT2D eigenvalue weighted by molar-refractivity contribution is 7.10. The minimum absolute atomic E-state index is 0.0123. The molecule has 0 N–H and O–H groups in total. The topological polar surface area (TPSA) is 12.9 Å². The fourth-order valence-electron chi connectivity index (χ4n) is 2.59. The average molecular weight is 320 g/mol. The molecule has 0 spiro atoms. The lowest BCUT2D eigenvalue weighted by molar-refractivity contribution is 0.364. The van der Waals surface area contributed by atoms with Crippen molar-refractivity contribution in [2.75, 3.05) is 0 Å². The number of rotatable bonds is 10. The summed E-state index contributed by atoms with van der Waals surface area (Å²) in [6.07, 6.45) is 10.7. The Hall–Kier alpha value is -0.150. The second-order valence-electron chi connectivity index (χ2n) is 5.91. The Balaban J connectivity index is 2.71. The minimum atomic E-state index is -0.336. The Morgan fingerprint density at radius 3 is 2.10 bits per heavy atom. The molecule has 0 amide bonds. The number of hydrogen-bond donors (Lipinski definition) is 0. The monoisotopic (exact) mass is 319 g/mol. The largest absolute Gasteiger partial charge is 0.226 e. The quantitative estimate of drug-likeness (QED) is 0.435. The third-order valence-corrected chi connectivity index (χ3v) is 5.49. The lowest BCUT2D eigenvalue weighted by Gasteiger charge is -2.27. The first-order valence-corrected chi connectivity index (χ1v) is 9.05. The molecular weight excluding hydrogens is 293 g/mol. The summed E-state index contributed by atoms with van der Waals surface area (Å²) in [5.74, 6) is 0. The summed E-state index contributed by atoms with van der Waals surface area (Å²) in [4.78, 5) is 4.27. The summed E-state index contributed by atoms with van der Waals surface area (Å²) < 4.78 is 13.5. The smallest absolute Gasteiger partial charge is 0.215 e. The van der Waals surface area contributed by atoms with Crippen LogP contribution in [0.4, 0.5) is 4.39 Å². The van der Waals surface area contributed by atoms with Crippen LogP contribution in [-0.2, 0) is 5.41 Å². The van der Waals surface area contributed by atoms with Gasteiger partial charge in [-0.15, -0.1) is 0 Å². The average Bonchev–Trinajstić information content (AvgIpc) is 2.76. The fraction of sp³-hybridized carbons (Fsp3) is 0.812. The number of aromatic nitrogens is 1. The van der Waals surface area contributed by atoms with Crippen LogP contribution in [0.15, 0.2) is 0 Å². The van der Waals surface area contributed by atoms with Crippen molar-refractivity contribution < 1.29 is 4.39 Å². The standard InChI is InChI=1S/C16H27ClFNS/c1-4-6-8-10-12-16(3,11-9-7-5-2)15-19-13(17)14(18)20-15/h4-12H2,1-3H3. The van der Waals surface area contributed by atoms with Gasteiger partial charge < -0.3 is 0 Å². The molecule has 1 aromatic rings. The van der Waals surface area contributed by atoms with Gasteiger partial charge in [0.2, 0.25) is 5.13 Å². The van der Waals surface area contributed by atoms with Crippen molar-refractivity contribution in [2.24, 2.45) is 0 Å². The first-order chi connectivity index (χ1) is 9.53. The number of thiazole rings is 1. The molecule has 1 rings (SSSR count). The van der Waals surface area contributed by atoms with Crippen LogP contribution in [0, 0.1) is 5.13 Å². The molecule has 116 valence electrons. The predicted molar refractivity (Wildman–Crippen MR) is 87.3 cm³/mol. The second kappa shape index (κ2) is 8.99. The second-order valence-corrected chi connectivity index (χ2v) is 7.22. The van der Waals surface area contributed by atoms with E-state index in [4.69, 9.17) is 11.6 Å². The van der Waals surface area contributed by atoms with Gasteiger partial charge in [-0.25, -0.2) is 4.98 Å². The maximum atomic E-state index is 13.5. The zero-order chi connectivity index (χ0) is 15.0. The van der Waals surface area contributed by atoms with E-state index < -0.39 is 0 Å². The van der Waals surface area contributed by atoms with Gasteiger partial charge in [-0.2, -0.15) is 4.39 Å². The van der Waals surface area contributed by atoms with Gasteiger partial charge >= 0.3 is 0 Å². The summed E-state index contributed by atoms with van der Waals surface area (Å²) in [5, 5.41) is 0.588. The van der Waals surface area contributed by atoms with Crippen molar-refractivity contribution in [1.29, 1.82) is 0 Å². The highest BCUT2D eigenvalue weighted by atomic mass is 35.5. The molecule has 1 heterocycles. The number of nitrogens with zero attached hydrogens (tertiary/aromatic N) is 1. The van der Waals surface area contributed by atoms with Gasteiger partial charge in [-0.05, 0) is 12.8 Å². The highest BCUT2D eigenvalue weighted by Gasteiger charge is 2.30. The summed E-state index contributed by atoms with van der Waals surface area (Å²) >= 11 is 6.94. The summed E-state index contributed by atoms with van der Waals surface area (Å²) in [7, 11) is 0. The zero-order valence-corrected chi connectivity index (χ0v) is 14.5. The van der Waals surface area contributed by atoms with E-state index in [2.05, 4.69) is 25.8 Å². The summed E-state index contributed by atoms with van der Waals surface area (Å²) in [5.41, 5.74) is -0.0123. The summed E-state index contributed by atoms with van der Waals surface area (Å²) in [6, 6.07) is 0. The molecule has 0 saturated heterocycles. The van der Waals surface area contributed by atoms with Crippen molar-refractivity contribution in [3.63, 3.8) is 0 Å². The van der Waals surface area contributed by atoms with E-state index in [1.807, 2.05) is 0 Å². The maximum absolute atomic E-state index is 13.5. The van der Waals surface area contributed by atoms with Gasteiger partial charge in [0.1, 0.15) is 5.01 Å². The van der Waals surface area contributed by atoms with E-state index >= 15 is 0 Å². The Labute approximate surface area is 132 Å². The normalized spacial score (nSPS) is 14.4. The molecule has 1 unspecified atom stereocenters. The van der Waals surface area contributed by atoms with E-state index in [1.54, 1.807) is 0 Å². The van der Waals surface area contributed by atoms with Crippen LogP contribution in [0.25, 0.3) is 0 Å². The molecule has 0 fully saturated rings. The Bertz CT molecular complexity index is 374. The van der Waals surface area contributed by atoms with Crippen LogP contribution in [0.5, 0.6) is 0 Å². The maximum Gasteiger partial charge on any atom is 0.215 e. The van der Waals surface area contributed by atoms with Crippen molar-refractivity contribution in [3.05, 3.63) is 15.3 Å². The van der Waals surface area contributed by atoms with Crippen molar-refractivity contribution in [2.45, 2.75) is 84.0 Å². The zero-order valence-electron chi connectivity index (χ0n) is 13.0. The SMILES string of the molecule is CCCCCCC(C)(CCCCC)c1nc(Cl)c(F)s1. The molecular formula is C16H27ClFNS. The van der Waals surface area contributed by atoms with Crippen LogP contribution in [0.3, 0.4) is 0 Å². The molecule has 0 radical (unpaired) electrons. The Morgan fingerprint density at radius 2 is 1.60 bits per heavy atom. The van der Waals surface area contributed by atoms with E-state index in [0.29, 0.717) is 0 Å². The van der Waals surface area contributed by atoms with Crippen LogP contribution < -0.4 is 0 Å². The first-order valence-electron chi connectivity index (χ1n) is 7.85. The molecule has 0 bridgehead atoms. The minimum Gasteiger partial charge on any atom is -0.226 e. The Morgan fingerprint density at radius 1 is 1.05 bits per heavy atom. The first kappa shape index (κ1) is 17.9. The molecule has 1 atom stereocenters. The molecule has 0 aliphatic rings. The third kappa shape index (κ3) is 5.33. The number of halogens is 2. The van der Waals surface area contributed by atoms with Crippen LogP contribution in [-0.4, -0.2) is 4.98 Å². The van der Waals surface area contributed by atoms with Gasteiger partial charge in [-0.3, -0.25) is 0 Å². The van der Waals surface area contributed by atoms with Gasteiger partial charge in [0, 0.05) is 5.41 Å². The van der Waals surface area contributed by atoms with E-state index in [-0.39, 0.29) is 15.7 Å². The summed E-state index contributed by atoms with van der Waals surface area (Å²) in [6.45, 7) is 6.65. The van der Waals surface area contributed by atoms with Gasteiger partial charge in [0.25, 0.3) is 0 Å². The van der Waals surface area contributed by atoms with E-state index in [0.717, 1.165) is 29.2 Å². The van der Waals surface area contributed by atoms with Gasteiger partial charge in [0.15, 0.2) is 5.15 Å². The molecule has 0 aromatic carbocycles. The van der Waals surface area contributed by atoms with E-state index in [9.17, 15) is 4.39 Å². The predicted octanol–water partition coefficient (Wildman–Crippen LogP) is 6.74. The number of hydrogen-bond acceptors (Lipinski definition) is 2. The lowest BCUT2D eigenvalue weighted by Crippen LogP contribution is -2.22. The van der Waals surface area contributed by atoms with Gasteiger partial charge in [-0.1, -0.05) is 88.7 Å². The lowest BCUT2D eigenvalue weighted by atomic mass is 9.80. The molecule has 4 heteroatoms. The van der Waals surface area contributed by atoms with Crippen LogP contribution in [0.2, 0.25) is 5.15 Å². The molecule has 0 aliphatic heterocycles. The van der Waals surface area contributed by atoms with Crippen molar-refractivity contribution >= 4 is 22.9 Å². The van der Waals surface area contributed by atoms with E-state index in [1.165, 1.54) is 44.9 Å². The molecule has 0 aliphatic carbocycles. The Kier molecular flexibility index (Phi) is 8.04.